The summed E-state index contributed by atoms with van der Waals surface area (Å²) in [4.78, 5) is 22.9. The molecule has 0 saturated heterocycles. The van der Waals surface area contributed by atoms with E-state index in [-0.39, 0.29) is 23.1 Å². The van der Waals surface area contributed by atoms with Gasteiger partial charge in [-0.2, -0.15) is 0 Å². The first-order chi connectivity index (χ1) is 7.63. The molecule has 0 aromatic carbocycles. The maximum absolute atomic E-state index is 11.5. The molecule has 0 aromatic rings. The Hall–Kier alpha value is -0.900. The SMILES string of the molecule is CC(C)C(=O)CCC[C@H](O)C(=O)NC(C)(C)C. The third-order valence-electron chi connectivity index (χ3n) is 2.35. The van der Waals surface area contributed by atoms with Gasteiger partial charge in [0.05, 0.1) is 0 Å². The van der Waals surface area contributed by atoms with Gasteiger partial charge in [-0.3, -0.25) is 9.59 Å². The zero-order chi connectivity index (χ0) is 13.6. The molecule has 0 rings (SSSR count). The number of rotatable bonds is 6. The number of aliphatic hydroxyl groups excluding tert-OH is 1. The van der Waals surface area contributed by atoms with Gasteiger partial charge < -0.3 is 10.4 Å². The number of hydrogen-bond acceptors (Lipinski definition) is 3. The van der Waals surface area contributed by atoms with Crippen molar-refractivity contribution in [1.82, 2.24) is 5.32 Å². The van der Waals surface area contributed by atoms with E-state index in [0.29, 0.717) is 19.3 Å². The molecule has 4 nitrogen and oxygen atoms in total. The minimum Gasteiger partial charge on any atom is -0.383 e. The van der Waals surface area contributed by atoms with Crippen LogP contribution in [0.5, 0.6) is 0 Å². The second kappa shape index (κ2) is 6.74. The van der Waals surface area contributed by atoms with Gasteiger partial charge in [-0.15, -0.1) is 0 Å². The Bertz CT molecular complexity index is 266. The summed E-state index contributed by atoms with van der Waals surface area (Å²) in [7, 11) is 0. The van der Waals surface area contributed by atoms with E-state index in [1.54, 1.807) is 0 Å². The summed E-state index contributed by atoms with van der Waals surface area (Å²) in [5.41, 5.74) is -0.341. The van der Waals surface area contributed by atoms with E-state index in [1.165, 1.54) is 0 Å². The van der Waals surface area contributed by atoms with Crippen molar-refractivity contribution >= 4 is 11.7 Å². The number of carbonyl (C=O) groups excluding carboxylic acids is 2. The Morgan fingerprint density at radius 2 is 1.76 bits per heavy atom. The molecule has 100 valence electrons. The van der Waals surface area contributed by atoms with Crippen molar-refractivity contribution in [2.75, 3.05) is 0 Å². The molecule has 0 aliphatic rings. The van der Waals surface area contributed by atoms with Gasteiger partial charge in [0, 0.05) is 17.9 Å². The predicted molar refractivity (Wildman–Crippen MR) is 67.6 cm³/mol. The normalized spacial score (nSPS) is 13.6. The van der Waals surface area contributed by atoms with Crippen LogP contribution in [0.15, 0.2) is 0 Å². The smallest absolute Gasteiger partial charge is 0.249 e. The molecule has 0 saturated carbocycles. The third-order valence-corrected chi connectivity index (χ3v) is 2.35. The molecule has 0 bridgehead atoms. The van der Waals surface area contributed by atoms with Crippen LogP contribution in [0, 0.1) is 5.92 Å². The first kappa shape index (κ1) is 16.1. The van der Waals surface area contributed by atoms with Gasteiger partial charge in [0.25, 0.3) is 0 Å². The summed E-state index contributed by atoms with van der Waals surface area (Å²) in [6.45, 7) is 9.29. The molecular formula is C13H25NO3. The highest BCUT2D eigenvalue weighted by Crippen LogP contribution is 2.08. The van der Waals surface area contributed by atoms with Crippen LogP contribution in [0.4, 0.5) is 0 Å². The lowest BCUT2D eigenvalue weighted by molar-refractivity contribution is -0.131. The quantitative estimate of drug-likeness (QED) is 0.745. The number of aliphatic hydroxyl groups is 1. The Morgan fingerprint density at radius 1 is 1.24 bits per heavy atom. The molecule has 0 aliphatic heterocycles. The summed E-state index contributed by atoms with van der Waals surface area (Å²) in [5.74, 6) is -0.168. The molecule has 0 spiro atoms. The molecule has 4 heteroatoms. The highest BCUT2D eigenvalue weighted by molar-refractivity contribution is 5.82. The van der Waals surface area contributed by atoms with Gasteiger partial charge in [-0.05, 0) is 33.6 Å². The molecule has 0 radical (unpaired) electrons. The van der Waals surface area contributed by atoms with Crippen LogP contribution >= 0.6 is 0 Å². The summed E-state index contributed by atoms with van der Waals surface area (Å²) >= 11 is 0. The second-order valence-electron chi connectivity index (χ2n) is 5.77. The molecule has 1 atom stereocenters. The molecule has 2 N–H and O–H groups in total. The third kappa shape index (κ3) is 7.91. The van der Waals surface area contributed by atoms with Crippen molar-refractivity contribution in [2.24, 2.45) is 5.92 Å². The molecule has 0 fully saturated rings. The molecule has 17 heavy (non-hydrogen) atoms. The molecule has 0 unspecified atom stereocenters. The molecule has 0 heterocycles. The van der Waals surface area contributed by atoms with Crippen molar-refractivity contribution in [3.63, 3.8) is 0 Å². The summed E-state index contributed by atoms with van der Waals surface area (Å²) < 4.78 is 0. The van der Waals surface area contributed by atoms with Crippen molar-refractivity contribution in [2.45, 2.75) is 65.5 Å². The van der Waals surface area contributed by atoms with Crippen molar-refractivity contribution in [3.05, 3.63) is 0 Å². The predicted octanol–water partition coefficient (Wildman–Crippen LogP) is 1.66. The van der Waals surface area contributed by atoms with Crippen LogP contribution < -0.4 is 5.32 Å². The average molecular weight is 243 g/mol. The van der Waals surface area contributed by atoms with Crippen molar-refractivity contribution in [1.29, 1.82) is 0 Å². The lowest BCUT2D eigenvalue weighted by Crippen LogP contribution is -2.45. The van der Waals surface area contributed by atoms with Gasteiger partial charge in [0.15, 0.2) is 0 Å². The van der Waals surface area contributed by atoms with E-state index in [2.05, 4.69) is 5.32 Å². The highest BCUT2D eigenvalue weighted by atomic mass is 16.3. The van der Waals surface area contributed by atoms with Crippen LogP contribution in [0.1, 0.15) is 53.9 Å². The summed E-state index contributed by atoms with van der Waals surface area (Å²) in [6.07, 6.45) is 0.294. The van der Waals surface area contributed by atoms with Gasteiger partial charge in [-0.1, -0.05) is 13.8 Å². The van der Waals surface area contributed by atoms with E-state index < -0.39 is 6.10 Å². The average Bonchev–Trinajstić information content (AvgIpc) is 2.14. The molecule has 0 aliphatic carbocycles. The maximum atomic E-state index is 11.5. The van der Waals surface area contributed by atoms with Crippen LogP contribution in [-0.2, 0) is 9.59 Å². The van der Waals surface area contributed by atoms with Gasteiger partial charge in [0.2, 0.25) is 5.91 Å². The Morgan fingerprint density at radius 3 is 2.18 bits per heavy atom. The van der Waals surface area contributed by atoms with Crippen LogP contribution in [0.3, 0.4) is 0 Å². The fourth-order valence-corrected chi connectivity index (χ4v) is 1.34. The monoisotopic (exact) mass is 243 g/mol. The molecule has 1 amide bonds. The molecular weight excluding hydrogens is 218 g/mol. The van der Waals surface area contributed by atoms with Crippen molar-refractivity contribution in [3.8, 4) is 0 Å². The maximum Gasteiger partial charge on any atom is 0.249 e. The number of nitrogens with one attached hydrogen (secondary N) is 1. The topological polar surface area (TPSA) is 66.4 Å². The number of carbonyl (C=O) groups is 2. The lowest BCUT2D eigenvalue weighted by atomic mass is 10.0. The van der Waals surface area contributed by atoms with Crippen molar-refractivity contribution < 1.29 is 14.7 Å². The Labute approximate surface area is 104 Å². The Kier molecular flexibility index (Phi) is 6.39. The van der Waals surface area contributed by atoms with Crippen LogP contribution in [-0.4, -0.2) is 28.4 Å². The van der Waals surface area contributed by atoms with Gasteiger partial charge >= 0.3 is 0 Å². The highest BCUT2D eigenvalue weighted by Gasteiger charge is 2.20. The van der Waals surface area contributed by atoms with Gasteiger partial charge in [0.1, 0.15) is 11.9 Å². The fraction of sp³-hybridized carbons (Fsp3) is 0.846. The van der Waals surface area contributed by atoms with E-state index in [9.17, 15) is 14.7 Å². The van der Waals surface area contributed by atoms with E-state index >= 15 is 0 Å². The first-order valence-corrected chi connectivity index (χ1v) is 6.16. The van der Waals surface area contributed by atoms with Crippen LogP contribution in [0.25, 0.3) is 0 Å². The summed E-state index contributed by atoms with van der Waals surface area (Å²) in [5, 5.41) is 12.3. The number of hydrogen-bond donors (Lipinski definition) is 2. The fourth-order valence-electron chi connectivity index (χ4n) is 1.34. The zero-order valence-corrected chi connectivity index (χ0v) is 11.5. The molecule has 0 aromatic heterocycles. The standard InChI is InChI=1S/C13H25NO3/c1-9(2)10(15)7-6-8-11(16)12(17)14-13(3,4)5/h9,11,16H,6-8H2,1-5H3,(H,14,17)/t11-/m0/s1. The summed E-state index contributed by atoms with van der Waals surface area (Å²) in [6, 6.07) is 0. The number of amides is 1. The number of ketones is 1. The minimum atomic E-state index is -1.02. The second-order valence-corrected chi connectivity index (χ2v) is 5.77. The van der Waals surface area contributed by atoms with E-state index in [0.717, 1.165) is 0 Å². The lowest BCUT2D eigenvalue weighted by Gasteiger charge is -2.22. The number of Topliss-reactive ketones (excluding diaryl/α,β-unsaturated/α-hetero) is 1. The van der Waals surface area contributed by atoms with E-state index in [1.807, 2.05) is 34.6 Å². The zero-order valence-electron chi connectivity index (χ0n) is 11.5. The largest absolute Gasteiger partial charge is 0.383 e. The van der Waals surface area contributed by atoms with Crippen LogP contribution in [0.2, 0.25) is 0 Å². The van der Waals surface area contributed by atoms with Gasteiger partial charge in [-0.25, -0.2) is 0 Å². The first-order valence-electron chi connectivity index (χ1n) is 6.16. The minimum absolute atomic E-state index is 0.0237. The Balaban J connectivity index is 3.91. The van der Waals surface area contributed by atoms with E-state index in [4.69, 9.17) is 0 Å².